The molecule has 0 bridgehead atoms. The molecule has 15 heteroatoms. The highest BCUT2D eigenvalue weighted by atomic mass is 16.5. The van der Waals surface area contributed by atoms with Crippen molar-refractivity contribution >= 4 is 11.8 Å². The molecule has 3 aliphatic rings. The maximum absolute atomic E-state index is 12.8. The third kappa shape index (κ3) is 10.4. The molecule has 0 unspecified atom stereocenters. The van der Waals surface area contributed by atoms with Crippen molar-refractivity contribution in [3.8, 4) is 28.7 Å². The van der Waals surface area contributed by atoms with Crippen LogP contribution < -0.4 is 30.6 Å². The van der Waals surface area contributed by atoms with E-state index in [1.807, 2.05) is 12.1 Å². The molecular weight excluding hydrogens is 773 g/mol. The first-order valence-corrected chi connectivity index (χ1v) is 21.3. The number of aromatic nitrogens is 1. The summed E-state index contributed by atoms with van der Waals surface area (Å²) in [5.41, 5.74) is 7.48. The molecule has 15 nitrogen and oxygen atoms in total. The number of phenolic OH excluding ortho intramolecular Hbond substituents is 2. The SMILES string of the molecule is COc1cc([C@H]2O[C@@H](CCc3ccc(O)c(OCNC[C@H](C)O)c3)C[C@H](O)[C@@H]2CCO)cc(OC[C@H]2N[C@@H](C)CC3(CCCC3)[C@]2(CC(=O)O)Cc2ccnc(N)c2)c1O. The predicted octanol–water partition coefficient (Wildman–Crippen LogP) is 4.61. The van der Waals surface area contributed by atoms with Gasteiger partial charge in [-0.15, -0.1) is 0 Å². The maximum Gasteiger partial charge on any atom is 0.304 e. The lowest BCUT2D eigenvalue weighted by Gasteiger charge is -2.58. The first-order chi connectivity index (χ1) is 28.8. The fraction of sp³-hybridized carbons (Fsp3) is 0.600. The van der Waals surface area contributed by atoms with Gasteiger partial charge in [0.05, 0.1) is 37.9 Å². The molecule has 0 amide bonds. The molecule has 2 saturated heterocycles. The minimum atomic E-state index is -0.894. The van der Waals surface area contributed by atoms with Gasteiger partial charge < -0.3 is 60.6 Å². The van der Waals surface area contributed by atoms with Crippen LogP contribution in [0.25, 0.3) is 0 Å². The number of hydrogen-bond acceptors (Lipinski definition) is 14. The lowest BCUT2D eigenvalue weighted by Crippen LogP contribution is -2.65. The third-order valence-electron chi connectivity index (χ3n) is 13.1. The number of rotatable bonds is 19. The van der Waals surface area contributed by atoms with Crippen LogP contribution in [0, 0.1) is 16.7 Å². The Balaban J connectivity index is 1.26. The van der Waals surface area contributed by atoms with Crippen molar-refractivity contribution in [1.82, 2.24) is 15.6 Å². The Morgan fingerprint density at radius 1 is 1.07 bits per heavy atom. The predicted molar refractivity (Wildman–Crippen MR) is 224 cm³/mol. The monoisotopic (exact) mass is 836 g/mol. The summed E-state index contributed by atoms with van der Waals surface area (Å²) in [7, 11) is 1.44. The van der Waals surface area contributed by atoms with Crippen molar-refractivity contribution in [3.63, 3.8) is 0 Å². The summed E-state index contributed by atoms with van der Waals surface area (Å²) in [5, 5.41) is 70.1. The molecular formula is C45H64N4O11. The molecule has 3 aromatic rings. The second-order valence-corrected chi connectivity index (χ2v) is 17.3. The van der Waals surface area contributed by atoms with Gasteiger partial charge in [-0.05, 0) is 124 Å². The Hall–Kier alpha value is -4.38. The van der Waals surface area contributed by atoms with Crippen LogP contribution in [0.2, 0.25) is 0 Å². The smallest absolute Gasteiger partial charge is 0.304 e. The van der Waals surface area contributed by atoms with Gasteiger partial charge >= 0.3 is 5.97 Å². The topological polar surface area (TPSA) is 238 Å². The minimum absolute atomic E-state index is 0.00789. The molecule has 3 fully saturated rings. The molecule has 2 aliphatic heterocycles. The summed E-state index contributed by atoms with van der Waals surface area (Å²) >= 11 is 0. The van der Waals surface area contributed by atoms with E-state index in [2.05, 4.69) is 22.5 Å². The molecule has 60 heavy (non-hydrogen) atoms. The normalized spacial score (nSPS) is 26.8. The van der Waals surface area contributed by atoms with Crippen LogP contribution >= 0.6 is 0 Å². The van der Waals surface area contributed by atoms with Gasteiger partial charge in [-0.2, -0.15) is 0 Å². The zero-order chi connectivity index (χ0) is 43.0. The number of aliphatic hydroxyl groups excluding tert-OH is 3. The van der Waals surface area contributed by atoms with E-state index in [0.717, 1.165) is 43.2 Å². The number of aliphatic carboxylic acids is 1. The van der Waals surface area contributed by atoms with Gasteiger partial charge in [-0.25, -0.2) is 4.98 Å². The summed E-state index contributed by atoms with van der Waals surface area (Å²) in [6.45, 7) is 4.11. The number of nitrogens with two attached hydrogens (primary N) is 1. The van der Waals surface area contributed by atoms with Crippen LogP contribution in [-0.2, 0) is 22.4 Å². The lowest BCUT2D eigenvalue weighted by atomic mass is 9.51. The molecule has 8 atom stereocenters. The second kappa shape index (κ2) is 20.0. The van der Waals surface area contributed by atoms with E-state index in [9.17, 15) is 35.4 Å². The maximum atomic E-state index is 12.8. The number of aryl methyl sites for hydroxylation is 1. The quantitative estimate of drug-likeness (QED) is 0.0592. The number of piperidine rings is 1. The summed E-state index contributed by atoms with van der Waals surface area (Å²) < 4.78 is 24.7. The van der Waals surface area contributed by atoms with Crippen LogP contribution in [0.1, 0.15) is 94.4 Å². The molecule has 1 aliphatic carbocycles. The molecule has 1 spiro atoms. The van der Waals surface area contributed by atoms with Crippen LogP contribution in [0.3, 0.4) is 0 Å². The van der Waals surface area contributed by atoms with E-state index in [1.165, 1.54) is 7.11 Å². The Morgan fingerprint density at radius 3 is 2.53 bits per heavy atom. The highest BCUT2D eigenvalue weighted by Gasteiger charge is 2.60. The van der Waals surface area contributed by atoms with E-state index in [0.29, 0.717) is 49.4 Å². The van der Waals surface area contributed by atoms with Gasteiger partial charge in [0.15, 0.2) is 23.0 Å². The number of methoxy groups -OCH3 is 1. The number of benzene rings is 2. The summed E-state index contributed by atoms with van der Waals surface area (Å²) in [6, 6.07) is 11.9. The van der Waals surface area contributed by atoms with Crippen LogP contribution in [0.15, 0.2) is 48.7 Å². The Labute approximate surface area is 352 Å². The highest BCUT2D eigenvalue weighted by Crippen LogP contribution is 2.61. The molecule has 1 saturated carbocycles. The molecule has 330 valence electrons. The van der Waals surface area contributed by atoms with Crippen molar-refractivity contribution in [2.24, 2.45) is 16.7 Å². The van der Waals surface area contributed by atoms with Gasteiger partial charge in [0.25, 0.3) is 0 Å². The van der Waals surface area contributed by atoms with Crippen molar-refractivity contribution in [3.05, 3.63) is 65.4 Å². The standard InChI is InChI=1S/C45H64N4O11/c1-27-21-44(12-4-5-13-44)45(23-41(54)55,22-30-10-14-48-40(46)17-30)39(49-27)25-58-38-19-31(18-37(57-3)42(38)56)43-33(11-15-50)35(53)20-32(60-43)8-6-29-7-9-34(52)36(16-29)59-26-47-24-28(2)51/h7,9-10,14,16-19,27-28,32-33,35,39,43,47,49-53,56H,4-6,8,11-13,15,20-26H2,1-3H3,(H2,46,48)(H,54,55)/t27-,28-,32-,33-,35-,39+,43+,45-/m0/s1. The average molecular weight is 837 g/mol. The molecule has 2 aromatic carbocycles. The number of anilines is 1. The van der Waals surface area contributed by atoms with Gasteiger partial charge in [0.2, 0.25) is 5.75 Å². The number of hydrogen-bond donors (Lipinski definition) is 9. The molecule has 10 N–H and O–H groups in total. The Bertz CT molecular complexity index is 1890. The lowest BCUT2D eigenvalue weighted by molar-refractivity contribution is -0.148. The molecule has 3 heterocycles. The number of aromatic hydroxyl groups is 2. The fourth-order valence-electron chi connectivity index (χ4n) is 10.4. The van der Waals surface area contributed by atoms with E-state index in [-0.39, 0.29) is 73.3 Å². The summed E-state index contributed by atoms with van der Waals surface area (Å²) in [6.07, 6.45) is 5.93. The van der Waals surface area contributed by atoms with Crippen LogP contribution in [0.4, 0.5) is 5.82 Å². The second-order valence-electron chi connectivity index (χ2n) is 17.3. The summed E-state index contributed by atoms with van der Waals surface area (Å²) in [4.78, 5) is 17.0. The van der Waals surface area contributed by atoms with Crippen LogP contribution in [0.5, 0.6) is 28.7 Å². The zero-order valence-corrected chi connectivity index (χ0v) is 35.0. The van der Waals surface area contributed by atoms with Gasteiger partial charge in [-0.3, -0.25) is 10.1 Å². The van der Waals surface area contributed by atoms with Crippen molar-refractivity contribution in [2.45, 2.75) is 121 Å². The van der Waals surface area contributed by atoms with Crippen molar-refractivity contribution in [2.75, 3.05) is 39.3 Å². The number of phenols is 2. The number of pyridine rings is 1. The fourth-order valence-corrected chi connectivity index (χ4v) is 10.4. The number of carbonyl (C=O) groups is 1. The molecule has 0 radical (unpaired) electrons. The minimum Gasteiger partial charge on any atom is -0.504 e. The Morgan fingerprint density at radius 2 is 1.83 bits per heavy atom. The van der Waals surface area contributed by atoms with E-state index >= 15 is 0 Å². The van der Waals surface area contributed by atoms with Crippen molar-refractivity contribution < 1.29 is 54.4 Å². The van der Waals surface area contributed by atoms with Crippen LogP contribution in [-0.4, -0.2) is 106 Å². The number of nitrogen functional groups attached to an aromatic ring is 1. The van der Waals surface area contributed by atoms with E-state index in [4.69, 9.17) is 24.7 Å². The number of nitrogens with zero attached hydrogens (tertiary/aromatic N) is 1. The zero-order valence-electron chi connectivity index (χ0n) is 35.0. The number of nitrogens with one attached hydrogen (secondary N) is 2. The number of carboxylic acid groups (broad SMARTS) is 1. The molecule has 1 aromatic heterocycles. The largest absolute Gasteiger partial charge is 0.504 e. The first-order valence-electron chi connectivity index (χ1n) is 21.3. The number of carboxylic acids is 1. The van der Waals surface area contributed by atoms with Gasteiger partial charge in [0.1, 0.15) is 19.2 Å². The number of ether oxygens (including phenoxy) is 4. The Kier molecular flexibility index (Phi) is 15.0. The van der Waals surface area contributed by atoms with Gasteiger partial charge in [-0.1, -0.05) is 18.9 Å². The van der Waals surface area contributed by atoms with E-state index < -0.39 is 41.7 Å². The van der Waals surface area contributed by atoms with Gasteiger partial charge in [0, 0.05) is 42.8 Å². The first kappa shape index (κ1) is 45.2. The molecule has 6 rings (SSSR count). The summed E-state index contributed by atoms with van der Waals surface area (Å²) in [5.74, 6) is -0.651. The average Bonchev–Trinajstić information content (AvgIpc) is 3.67. The third-order valence-corrected chi connectivity index (χ3v) is 13.1. The van der Waals surface area contributed by atoms with Crippen molar-refractivity contribution in [1.29, 1.82) is 0 Å². The number of aliphatic hydroxyl groups is 3. The highest BCUT2D eigenvalue weighted by molar-refractivity contribution is 5.68. The van der Waals surface area contributed by atoms with E-state index in [1.54, 1.807) is 43.5 Å².